The molecule has 2 aromatic heterocycles. The number of hydrogen-bond acceptors (Lipinski definition) is 3. The maximum atomic E-state index is 9.75. The first-order chi connectivity index (χ1) is 36.9. The zero-order chi connectivity index (χ0) is 57.6. The maximum absolute atomic E-state index is 9.75. The summed E-state index contributed by atoms with van der Waals surface area (Å²) in [6.45, 7) is 17.8. The van der Waals surface area contributed by atoms with Gasteiger partial charge in [0.05, 0.1) is 19.2 Å². The van der Waals surface area contributed by atoms with Crippen LogP contribution in [-0.4, -0.2) is 9.55 Å². The summed E-state index contributed by atoms with van der Waals surface area (Å²) in [4.78, 5) is 8.29. The predicted octanol–water partition coefficient (Wildman–Crippen LogP) is 15.4. The number of anilines is 4. The molecule has 5 heteroatoms. The van der Waals surface area contributed by atoms with Crippen LogP contribution in [0.3, 0.4) is 0 Å². The Kier molecular flexibility index (Phi) is 7.14. The fourth-order valence-corrected chi connectivity index (χ4v) is 8.11. The first-order valence-electron chi connectivity index (χ1n) is 28.7. The zero-order valence-corrected chi connectivity index (χ0v) is 38.9. The third-order valence-corrected chi connectivity index (χ3v) is 11.7. The predicted molar refractivity (Wildman–Crippen MR) is 265 cm³/mol. The Balaban J connectivity index is 0.00000774. The second-order valence-electron chi connectivity index (χ2n) is 18.3. The van der Waals surface area contributed by atoms with Gasteiger partial charge in [0.1, 0.15) is 5.82 Å². The van der Waals surface area contributed by atoms with Crippen LogP contribution in [0, 0.1) is 18.8 Å². The van der Waals surface area contributed by atoms with Gasteiger partial charge in [0, 0.05) is 62.3 Å². The quantitative estimate of drug-likeness (QED) is 0.149. The van der Waals surface area contributed by atoms with E-state index in [0.717, 1.165) is 11.1 Å². The molecule has 0 fully saturated rings. The van der Waals surface area contributed by atoms with Gasteiger partial charge in [-0.05, 0) is 70.0 Å². The molecule has 9 aromatic rings. The van der Waals surface area contributed by atoms with Crippen molar-refractivity contribution in [3.8, 4) is 28.1 Å². The number of para-hydroxylation sites is 4. The molecule has 4 nitrogen and oxygen atoms in total. The minimum atomic E-state index is -1.19. The molecule has 7 aromatic carbocycles. The van der Waals surface area contributed by atoms with Gasteiger partial charge in [-0.1, -0.05) is 170 Å². The van der Waals surface area contributed by atoms with Crippen LogP contribution in [0.4, 0.5) is 22.7 Å². The molecule has 0 bridgehead atoms. The summed E-state index contributed by atoms with van der Waals surface area (Å²) in [5.41, 5.74) is 2.54. The van der Waals surface area contributed by atoms with Gasteiger partial charge < -0.3 is 14.4 Å². The molecule has 0 saturated carbocycles. The summed E-state index contributed by atoms with van der Waals surface area (Å²) in [5, 5.41) is 0.195. The van der Waals surface area contributed by atoms with E-state index in [1.807, 2.05) is 103 Å². The first kappa shape index (κ1) is 27.9. The monoisotopic (exact) mass is 1030 g/mol. The van der Waals surface area contributed by atoms with Crippen molar-refractivity contribution in [2.24, 2.45) is 0 Å². The van der Waals surface area contributed by atoms with Crippen LogP contribution in [0.2, 0.25) is 0 Å². The van der Waals surface area contributed by atoms with E-state index in [-0.39, 0.29) is 106 Å². The van der Waals surface area contributed by atoms with Gasteiger partial charge >= 0.3 is 0 Å². The van der Waals surface area contributed by atoms with Crippen molar-refractivity contribution in [3.63, 3.8) is 0 Å². The van der Waals surface area contributed by atoms with E-state index in [1.54, 1.807) is 46.6 Å². The number of hydrogen-bond donors (Lipinski definition) is 0. The van der Waals surface area contributed by atoms with Crippen molar-refractivity contribution < 1.29 is 43.0 Å². The number of rotatable bonds is 7. The molecule has 0 N–H and O–H groups in total. The average Bonchev–Trinajstić information content (AvgIpc) is 4.10. The molecule has 1 aliphatic rings. The third-order valence-electron chi connectivity index (χ3n) is 11.7. The fourth-order valence-electron chi connectivity index (χ4n) is 8.11. The standard InChI is InChI=1S/C59H53N4.Pt/c1-57(2,3)42-32-33-60-55(38-42)63-51-27-16-15-24-49(51)50-31-30-43(37-54(50)63)59(7,8)45-34-44(58(4,5)6)35-46(36-45)61-39-62(53-29-18-17-28-52(53)61)56-47(40-20-11-9-12-21-40)25-19-26-48(56)41-22-13-10-14-23-41;/h9-35,38-39H,1-8H3;/q-3;/i9D,10D,11D,12D,13D,14D,15D,16D,20D,21D,22D,23D,24D,27D,30D,31D;. The molecule has 0 radical (unpaired) electrons. The van der Waals surface area contributed by atoms with Crippen LogP contribution < -0.4 is 9.80 Å². The van der Waals surface area contributed by atoms with Gasteiger partial charge in [0.2, 0.25) is 0 Å². The molecule has 0 aliphatic carbocycles. The normalized spacial score (nSPS) is 16.6. The molecule has 10 rings (SSSR count). The van der Waals surface area contributed by atoms with Gasteiger partial charge in [0.15, 0.2) is 0 Å². The molecule has 64 heavy (non-hydrogen) atoms. The van der Waals surface area contributed by atoms with Gasteiger partial charge in [-0.15, -0.1) is 23.8 Å². The van der Waals surface area contributed by atoms with Crippen molar-refractivity contribution in [3.05, 3.63) is 211 Å². The maximum Gasteiger partial charge on any atom is 0.135 e. The molecular weight excluding hydrogens is 960 g/mol. The van der Waals surface area contributed by atoms with Crippen LogP contribution in [0.25, 0.3) is 49.9 Å². The van der Waals surface area contributed by atoms with E-state index in [9.17, 15) is 4.11 Å². The second kappa shape index (κ2) is 16.4. The Morgan fingerprint density at radius 3 is 1.81 bits per heavy atom. The van der Waals surface area contributed by atoms with Crippen LogP contribution in [0.5, 0.6) is 0 Å². The summed E-state index contributed by atoms with van der Waals surface area (Å²) in [6.07, 6.45) is 1.64. The largest absolute Gasteiger partial charge is 0.493 e. The Hall–Kier alpha value is -6.22. The summed E-state index contributed by atoms with van der Waals surface area (Å²) < 4.78 is 145. The topological polar surface area (TPSA) is 24.3 Å². The fraction of sp³-hybridized carbons (Fsp3) is 0.186. The Labute approximate surface area is 416 Å². The number of aromatic nitrogens is 2. The molecule has 0 unspecified atom stereocenters. The van der Waals surface area contributed by atoms with Crippen molar-refractivity contribution in [2.45, 2.75) is 71.6 Å². The molecule has 0 amide bonds. The number of benzene rings is 7. The Morgan fingerprint density at radius 1 is 0.562 bits per heavy atom. The Morgan fingerprint density at radius 2 is 1.17 bits per heavy atom. The van der Waals surface area contributed by atoms with E-state index in [4.69, 9.17) is 22.8 Å². The number of pyridine rings is 1. The molecular formula is C59H53N4Pt-3. The zero-order valence-electron chi connectivity index (χ0n) is 52.6. The minimum absolute atomic E-state index is 0. The van der Waals surface area contributed by atoms with Gasteiger partial charge in [-0.3, -0.25) is 0 Å². The minimum Gasteiger partial charge on any atom is -0.493 e. The van der Waals surface area contributed by atoms with Gasteiger partial charge in [-0.25, -0.2) is 4.98 Å². The number of nitrogens with zero attached hydrogens (tertiary/aromatic N) is 4. The van der Waals surface area contributed by atoms with Gasteiger partial charge in [-0.2, -0.15) is 47.0 Å². The van der Waals surface area contributed by atoms with E-state index >= 15 is 0 Å². The third kappa shape index (κ3) is 7.56. The van der Waals surface area contributed by atoms with E-state index in [2.05, 4.69) is 12.1 Å². The van der Waals surface area contributed by atoms with Crippen molar-refractivity contribution >= 4 is 44.6 Å². The average molecular weight is 1030 g/mol. The van der Waals surface area contributed by atoms with Crippen molar-refractivity contribution in [1.82, 2.24) is 9.55 Å². The van der Waals surface area contributed by atoms with E-state index < -0.39 is 83.3 Å². The summed E-state index contributed by atoms with van der Waals surface area (Å²) in [5.74, 6) is 0.342. The van der Waals surface area contributed by atoms with Crippen LogP contribution >= 0.6 is 0 Å². The molecule has 322 valence electrons. The summed E-state index contributed by atoms with van der Waals surface area (Å²) >= 11 is 0. The molecule has 0 spiro atoms. The van der Waals surface area contributed by atoms with Crippen molar-refractivity contribution in [2.75, 3.05) is 9.80 Å². The molecule has 3 heterocycles. The Bertz CT molecular complexity index is 3960. The SMILES string of the molecule is [2H]c1c([2H])c([2H])c(-c2cccc(-c3c([2H])c([2H])c([2H])c([2H])c3[2H])c2N2[CH-]N(c3[c-]c(C(C)(C)c4[c-]c5c(c([2H])c4[2H])c4c([2H])c([2H])c([2H])c([2H])c4n5-c4cc(C(C)(C)C)ccn4)cc(C(C)(C)C)c3)c3ccccc32)c([2H])c1[2H].[Pt]. The number of fused-ring (bicyclic) bond motifs is 4. The second-order valence-corrected chi connectivity index (χ2v) is 18.3. The van der Waals surface area contributed by atoms with E-state index in [1.165, 1.54) is 0 Å². The van der Waals surface area contributed by atoms with E-state index in [0.29, 0.717) is 28.4 Å². The smallest absolute Gasteiger partial charge is 0.135 e. The first-order valence-corrected chi connectivity index (χ1v) is 20.7. The summed E-state index contributed by atoms with van der Waals surface area (Å²) in [6, 6.07) is 19.1. The molecule has 0 saturated heterocycles. The molecule has 0 atom stereocenters. The van der Waals surface area contributed by atoms with Crippen molar-refractivity contribution in [1.29, 1.82) is 0 Å². The summed E-state index contributed by atoms with van der Waals surface area (Å²) in [7, 11) is 0. The van der Waals surface area contributed by atoms with Crippen LogP contribution in [-0.2, 0) is 37.3 Å². The van der Waals surface area contributed by atoms with Gasteiger partial charge in [0.25, 0.3) is 0 Å². The van der Waals surface area contributed by atoms with Crippen LogP contribution in [0.15, 0.2) is 170 Å². The molecule has 1 aliphatic heterocycles. The van der Waals surface area contributed by atoms with Crippen LogP contribution in [0.1, 0.15) is 99.6 Å².